The van der Waals surface area contributed by atoms with E-state index in [1.807, 2.05) is 0 Å². The smallest absolute Gasteiger partial charge is 0.108 e. The lowest BCUT2D eigenvalue weighted by Gasteiger charge is -2.29. The van der Waals surface area contributed by atoms with Crippen LogP contribution in [0, 0.1) is 11.8 Å². The predicted molar refractivity (Wildman–Crippen MR) is 55.5 cm³/mol. The summed E-state index contributed by atoms with van der Waals surface area (Å²) in [6, 6.07) is 0. The lowest BCUT2D eigenvalue weighted by Crippen LogP contribution is -2.23. The molecule has 1 aliphatic rings. The molecule has 2 unspecified atom stereocenters. The van der Waals surface area contributed by atoms with Crippen molar-refractivity contribution in [3.63, 3.8) is 0 Å². The maximum Gasteiger partial charge on any atom is 0.108 e. The minimum absolute atomic E-state index is 0.730. The molecule has 0 amide bonds. The van der Waals surface area contributed by atoms with Gasteiger partial charge in [-0.05, 0) is 38.0 Å². The highest BCUT2D eigenvalue weighted by Gasteiger charge is 2.27. The van der Waals surface area contributed by atoms with Crippen molar-refractivity contribution < 1.29 is 4.39 Å². The fourth-order valence-corrected chi connectivity index (χ4v) is 2.32. The molecule has 0 aromatic carbocycles. The van der Waals surface area contributed by atoms with Gasteiger partial charge < -0.3 is 0 Å². The zero-order chi connectivity index (χ0) is 9.90. The van der Waals surface area contributed by atoms with E-state index in [4.69, 9.17) is 0 Å². The van der Waals surface area contributed by atoms with E-state index in [2.05, 4.69) is 13.8 Å². The fourth-order valence-electron chi connectivity index (χ4n) is 2.32. The van der Waals surface area contributed by atoms with Crippen LogP contribution >= 0.6 is 0 Å². The van der Waals surface area contributed by atoms with Gasteiger partial charge in [0.25, 0.3) is 0 Å². The first-order chi connectivity index (χ1) is 6.01. The number of alkyl halides is 1. The molecule has 1 saturated carbocycles. The molecule has 1 heteroatoms. The van der Waals surface area contributed by atoms with Crippen molar-refractivity contribution in [2.75, 3.05) is 0 Å². The van der Waals surface area contributed by atoms with Crippen LogP contribution in [0.4, 0.5) is 4.39 Å². The Labute approximate surface area is 81.9 Å². The molecular formula is C12H23F. The lowest BCUT2D eigenvalue weighted by molar-refractivity contribution is 0.121. The molecule has 0 N–H and O–H groups in total. The molecular weight excluding hydrogens is 163 g/mol. The third-order valence-electron chi connectivity index (χ3n) is 3.50. The maximum absolute atomic E-state index is 13.7. The van der Waals surface area contributed by atoms with Gasteiger partial charge in [-0.25, -0.2) is 4.39 Å². The Morgan fingerprint density at radius 2 is 1.85 bits per heavy atom. The Bertz CT molecular complexity index is 149. The van der Waals surface area contributed by atoms with Crippen molar-refractivity contribution in [1.29, 1.82) is 0 Å². The minimum atomic E-state index is -0.881. The second kappa shape index (κ2) is 4.43. The summed E-state index contributed by atoms with van der Waals surface area (Å²) in [6.07, 6.45) is 6.25. The van der Waals surface area contributed by atoms with Crippen LogP contribution < -0.4 is 0 Å². The van der Waals surface area contributed by atoms with E-state index >= 15 is 0 Å². The van der Waals surface area contributed by atoms with Crippen LogP contribution in [0.1, 0.15) is 59.3 Å². The molecule has 0 aliphatic heterocycles. The topological polar surface area (TPSA) is 0 Å². The number of hydrogen-bond acceptors (Lipinski definition) is 0. The molecule has 0 bridgehead atoms. The zero-order valence-corrected chi connectivity index (χ0v) is 9.28. The summed E-state index contributed by atoms with van der Waals surface area (Å²) in [6.45, 7) is 6.30. The van der Waals surface area contributed by atoms with Crippen LogP contribution in [0.25, 0.3) is 0 Å². The van der Waals surface area contributed by atoms with Crippen molar-refractivity contribution in [2.45, 2.75) is 65.0 Å². The third kappa shape index (κ3) is 3.66. The Hall–Kier alpha value is -0.0700. The van der Waals surface area contributed by atoms with Gasteiger partial charge in [0, 0.05) is 0 Å². The van der Waals surface area contributed by atoms with Gasteiger partial charge >= 0.3 is 0 Å². The molecule has 13 heavy (non-hydrogen) atoms. The summed E-state index contributed by atoms with van der Waals surface area (Å²) in [4.78, 5) is 0. The summed E-state index contributed by atoms with van der Waals surface area (Å²) in [7, 11) is 0. The van der Waals surface area contributed by atoms with E-state index in [0.29, 0.717) is 0 Å². The summed E-state index contributed by atoms with van der Waals surface area (Å²) in [5.74, 6) is 1.49. The highest BCUT2D eigenvalue weighted by molar-refractivity contribution is 4.78. The highest BCUT2D eigenvalue weighted by Crippen LogP contribution is 2.34. The SMILES string of the molecule is CC(C)C1CCCCC(C)(F)CC1. The molecule has 0 aromatic heterocycles. The summed E-state index contributed by atoms with van der Waals surface area (Å²) >= 11 is 0. The molecule has 0 heterocycles. The molecule has 0 spiro atoms. The van der Waals surface area contributed by atoms with Gasteiger partial charge in [0.2, 0.25) is 0 Å². The summed E-state index contributed by atoms with van der Waals surface area (Å²) in [5, 5.41) is 0. The number of halogens is 1. The van der Waals surface area contributed by atoms with Gasteiger partial charge in [0.1, 0.15) is 5.67 Å². The standard InChI is InChI=1S/C12H23F/c1-10(2)11-6-4-5-8-12(3,13)9-7-11/h10-11H,4-9H2,1-3H3. The Morgan fingerprint density at radius 1 is 1.15 bits per heavy atom. The van der Waals surface area contributed by atoms with Crippen LogP contribution in [0.15, 0.2) is 0 Å². The van der Waals surface area contributed by atoms with E-state index in [-0.39, 0.29) is 0 Å². The van der Waals surface area contributed by atoms with Gasteiger partial charge in [-0.3, -0.25) is 0 Å². The first-order valence-corrected chi connectivity index (χ1v) is 5.70. The van der Waals surface area contributed by atoms with Crippen LogP contribution in [0.3, 0.4) is 0 Å². The Morgan fingerprint density at radius 3 is 2.46 bits per heavy atom. The van der Waals surface area contributed by atoms with Crippen molar-refractivity contribution in [3.05, 3.63) is 0 Å². The second-order valence-electron chi connectivity index (χ2n) is 5.20. The van der Waals surface area contributed by atoms with Crippen molar-refractivity contribution in [1.82, 2.24) is 0 Å². The average Bonchev–Trinajstić information content (AvgIpc) is 1.98. The van der Waals surface area contributed by atoms with Crippen LogP contribution in [0.5, 0.6) is 0 Å². The maximum atomic E-state index is 13.7. The number of hydrogen-bond donors (Lipinski definition) is 0. The zero-order valence-electron chi connectivity index (χ0n) is 9.28. The van der Waals surface area contributed by atoms with Crippen molar-refractivity contribution in [3.8, 4) is 0 Å². The van der Waals surface area contributed by atoms with E-state index in [0.717, 1.165) is 37.5 Å². The molecule has 78 valence electrons. The first-order valence-electron chi connectivity index (χ1n) is 5.70. The van der Waals surface area contributed by atoms with Crippen LogP contribution in [-0.4, -0.2) is 5.67 Å². The second-order valence-corrected chi connectivity index (χ2v) is 5.20. The van der Waals surface area contributed by atoms with E-state index < -0.39 is 5.67 Å². The molecule has 0 radical (unpaired) electrons. The summed E-state index contributed by atoms with van der Waals surface area (Å²) < 4.78 is 13.7. The molecule has 0 saturated heterocycles. The Balaban J connectivity index is 2.45. The van der Waals surface area contributed by atoms with E-state index in [1.54, 1.807) is 6.92 Å². The first kappa shape index (κ1) is 11.0. The molecule has 1 aliphatic carbocycles. The van der Waals surface area contributed by atoms with Crippen LogP contribution in [-0.2, 0) is 0 Å². The molecule has 0 nitrogen and oxygen atoms in total. The van der Waals surface area contributed by atoms with Gasteiger partial charge in [-0.1, -0.05) is 33.1 Å². The molecule has 1 rings (SSSR count). The van der Waals surface area contributed by atoms with Gasteiger partial charge in [0.15, 0.2) is 0 Å². The van der Waals surface area contributed by atoms with Crippen LogP contribution in [0.2, 0.25) is 0 Å². The molecule has 2 atom stereocenters. The fraction of sp³-hybridized carbons (Fsp3) is 1.00. The minimum Gasteiger partial charge on any atom is -0.244 e. The predicted octanol–water partition coefficient (Wildman–Crippen LogP) is 4.34. The van der Waals surface area contributed by atoms with E-state index in [1.165, 1.54) is 12.8 Å². The normalized spacial score (nSPS) is 37.2. The molecule has 0 aromatic rings. The third-order valence-corrected chi connectivity index (χ3v) is 3.50. The van der Waals surface area contributed by atoms with Gasteiger partial charge in [-0.2, -0.15) is 0 Å². The van der Waals surface area contributed by atoms with Crippen molar-refractivity contribution in [2.24, 2.45) is 11.8 Å². The van der Waals surface area contributed by atoms with Crippen molar-refractivity contribution >= 4 is 0 Å². The average molecular weight is 186 g/mol. The highest BCUT2D eigenvalue weighted by atomic mass is 19.1. The number of rotatable bonds is 1. The van der Waals surface area contributed by atoms with Gasteiger partial charge in [0.05, 0.1) is 0 Å². The lowest BCUT2D eigenvalue weighted by atomic mass is 9.80. The summed E-state index contributed by atoms with van der Waals surface area (Å²) in [5.41, 5.74) is -0.881. The monoisotopic (exact) mass is 186 g/mol. The quantitative estimate of drug-likeness (QED) is 0.571. The van der Waals surface area contributed by atoms with E-state index in [9.17, 15) is 4.39 Å². The van der Waals surface area contributed by atoms with Gasteiger partial charge in [-0.15, -0.1) is 0 Å². The largest absolute Gasteiger partial charge is 0.244 e. The molecule has 1 fully saturated rings. The Kier molecular flexibility index (Phi) is 3.75.